The lowest BCUT2D eigenvalue weighted by atomic mass is 10.2. The van der Waals surface area contributed by atoms with Crippen LogP contribution in [0, 0.1) is 13.8 Å². The van der Waals surface area contributed by atoms with Gasteiger partial charge in [-0.05, 0) is 27.7 Å². The van der Waals surface area contributed by atoms with Crippen LogP contribution < -0.4 is 5.32 Å². The van der Waals surface area contributed by atoms with E-state index in [1.54, 1.807) is 18.6 Å². The Hall–Kier alpha value is -2.70. The molecule has 0 aliphatic rings. The summed E-state index contributed by atoms with van der Waals surface area (Å²) in [4.78, 5) is 13.1. The second kappa shape index (κ2) is 6.20. The Balaban J connectivity index is 2.05. The van der Waals surface area contributed by atoms with E-state index in [1.807, 2.05) is 24.7 Å². The maximum Gasteiger partial charge on any atom is 0.222 e. The summed E-state index contributed by atoms with van der Waals surface area (Å²) in [5.41, 5.74) is 4.04. The molecular formula is C16H21N7. The first-order valence-electron chi connectivity index (χ1n) is 7.79. The number of aryl methyl sites for hydroxylation is 2. The van der Waals surface area contributed by atoms with E-state index in [4.69, 9.17) is 0 Å². The Bertz CT molecular complexity index is 798. The van der Waals surface area contributed by atoms with Crippen molar-refractivity contribution >= 4 is 5.95 Å². The molecule has 3 rings (SSSR count). The van der Waals surface area contributed by atoms with Crippen molar-refractivity contribution in [3.63, 3.8) is 0 Å². The van der Waals surface area contributed by atoms with E-state index in [9.17, 15) is 0 Å². The van der Waals surface area contributed by atoms with Crippen molar-refractivity contribution in [2.75, 3.05) is 11.9 Å². The molecule has 0 fully saturated rings. The molecule has 7 nitrogen and oxygen atoms in total. The zero-order chi connectivity index (χ0) is 16.4. The summed E-state index contributed by atoms with van der Waals surface area (Å²) in [6.07, 6.45) is 7.32. The van der Waals surface area contributed by atoms with Gasteiger partial charge in [0.05, 0.1) is 22.6 Å². The van der Waals surface area contributed by atoms with Gasteiger partial charge in [0.2, 0.25) is 5.95 Å². The fraction of sp³-hybridized carbons (Fsp3) is 0.375. The van der Waals surface area contributed by atoms with Gasteiger partial charge in [-0.15, -0.1) is 0 Å². The van der Waals surface area contributed by atoms with Crippen LogP contribution in [0.2, 0.25) is 0 Å². The molecule has 1 N–H and O–H groups in total. The van der Waals surface area contributed by atoms with Crippen LogP contribution >= 0.6 is 0 Å². The van der Waals surface area contributed by atoms with Gasteiger partial charge in [0.25, 0.3) is 0 Å². The normalized spacial score (nSPS) is 11.0. The second-order valence-electron chi connectivity index (χ2n) is 5.28. The lowest BCUT2D eigenvalue weighted by molar-refractivity contribution is 0.634. The number of hydrogen-bond acceptors (Lipinski definition) is 5. The molecule has 3 heterocycles. The first kappa shape index (κ1) is 15.2. The molecule has 0 radical (unpaired) electrons. The highest BCUT2D eigenvalue weighted by Gasteiger charge is 2.16. The van der Waals surface area contributed by atoms with E-state index in [1.165, 1.54) is 0 Å². The molecule has 0 bridgehead atoms. The predicted octanol–water partition coefficient (Wildman–Crippen LogP) is 2.59. The smallest absolute Gasteiger partial charge is 0.222 e. The Morgan fingerprint density at radius 3 is 2.43 bits per heavy atom. The number of imidazole rings is 1. The van der Waals surface area contributed by atoms with Crippen LogP contribution in [0.4, 0.5) is 5.95 Å². The third-order valence-corrected chi connectivity index (χ3v) is 3.77. The number of aromatic nitrogens is 6. The average Bonchev–Trinajstić information content (AvgIpc) is 3.12. The van der Waals surface area contributed by atoms with Crippen LogP contribution in [0.3, 0.4) is 0 Å². The van der Waals surface area contributed by atoms with Gasteiger partial charge in [0.1, 0.15) is 5.82 Å². The molecule has 3 aromatic rings. The number of nitrogens with one attached hydrogen (secondary N) is 1. The van der Waals surface area contributed by atoms with Crippen molar-refractivity contribution in [2.24, 2.45) is 0 Å². The van der Waals surface area contributed by atoms with Gasteiger partial charge >= 0.3 is 0 Å². The summed E-state index contributed by atoms with van der Waals surface area (Å²) >= 11 is 0. The van der Waals surface area contributed by atoms with Crippen molar-refractivity contribution < 1.29 is 0 Å². The predicted molar refractivity (Wildman–Crippen MR) is 89.7 cm³/mol. The van der Waals surface area contributed by atoms with Crippen molar-refractivity contribution in [3.05, 3.63) is 36.2 Å². The fourth-order valence-electron chi connectivity index (χ4n) is 2.73. The molecule has 0 aliphatic carbocycles. The summed E-state index contributed by atoms with van der Waals surface area (Å²) in [5, 5.41) is 7.68. The first-order chi connectivity index (χ1) is 11.2. The van der Waals surface area contributed by atoms with E-state index >= 15 is 0 Å². The molecule has 3 aromatic heterocycles. The molecule has 0 amide bonds. The second-order valence-corrected chi connectivity index (χ2v) is 5.28. The minimum absolute atomic E-state index is 0.625. The average molecular weight is 311 g/mol. The van der Waals surface area contributed by atoms with Gasteiger partial charge in [-0.2, -0.15) is 5.10 Å². The van der Waals surface area contributed by atoms with Gasteiger partial charge in [0, 0.05) is 37.9 Å². The van der Waals surface area contributed by atoms with E-state index in [0.717, 1.165) is 41.6 Å². The number of hydrogen-bond donors (Lipinski definition) is 1. The number of nitrogens with zero attached hydrogens (tertiary/aromatic N) is 6. The summed E-state index contributed by atoms with van der Waals surface area (Å²) in [6.45, 7) is 9.84. The Morgan fingerprint density at radius 1 is 1.09 bits per heavy atom. The third kappa shape index (κ3) is 2.69. The molecule has 0 atom stereocenters. The Morgan fingerprint density at radius 2 is 1.83 bits per heavy atom. The third-order valence-electron chi connectivity index (χ3n) is 3.77. The molecule has 7 heteroatoms. The number of anilines is 1. The van der Waals surface area contributed by atoms with Gasteiger partial charge in [0.15, 0.2) is 0 Å². The van der Waals surface area contributed by atoms with Crippen molar-refractivity contribution in [3.8, 4) is 17.1 Å². The van der Waals surface area contributed by atoms with Gasteiger partial charge in [-0.1, -0.05) is 0 Å². The highest BCUT2D eigenvalue weighted by Crippen LogP contribution is 2.25. The standard InChI is InChI=1S/C16H21N7/c1-5-17-16-19-9-13(10-20-16)15-18-7-8-22(15)14-11(3)21-23(6-2)12(14)4/h7-10H,5-6H2,1-4H3,(H,17,19,20). The van der Waals surface area contributed by atoms with Crippen molar-refractivity contribution in [2.45, 2.75) is 34.2 Å². The minimum atomic E-state index is 0.625. The summed E-state index contributed by atoms with van der Waals surface area (Å²) < 4.78 is 4.05. The van der Waals surface area contributed by atoms with Gasteiger partial charge < -0.3 is 5.32 Å². The van der Waals surface area contributed by atoms with E-state index in [2.05, 4.69) is 43.8 Å². The maximum atomic E-state index is 4.58. The monoisotopic (exact) mass is 311 g/mol. The molecule has 0 saturated heterocycles. The maximum absolute atomic E-state index is 4.58. The quantitative estimate of drug-likeness (QED) is 0.784. The highest BCUT2D eigenvalue weighted by molar-refractivity contribution is 5.59. The zero-order valence-corrected chi connectivity index (χ0v) is 13.9. The largest absolute Gasteiger partial charge is 0.355 e. The van der Waals surface area contributed by atoms with Crippen LogP contribution in [0.1, 0.15) is 25.2 Å². The van der Waals surface area contributed by atoms with Crippen molar-refractivity contribution in [1.29, 1.82) is 0 Å². The molecule has 23 heavy (non-hydrogen) atoms. The highest BCUT2D eigenvalue weighted by atomic mass is 15.3. The van der Waals surface area contributed by atoms with Crippen LogP contribution in [-0.4, -0.2) is 35.8 Å². The van der Waals surface area contributed by atoms with Crippen LogP contribution in [0.25, 0.3) is 17.1 Å². The molecule has 0 aliphatic heterocycles. The zero-order valence-electron chi connectivity index (χ0n) is 13.9. The Labute approximate surface area is 135 Å². The van der Waals surface area contributed by atoms with E-state index in [-0.39, 0.29) is 0 Å². The summed E-state index contributed by atoms with van der Waals surface area (Å²) in [6, 6.07) is 0. The van der Waals surface area contributed by atoms with E-state index < -0.39 is 0 Å². The molecule has 0 saturated carbocycles. The van der Waals surface area contributed by atoms with Crippen LogP contribution in [-0.2, 0) is 6.54 Å². The molecular weight excluding hydrogens is 290 g/mol. The first-order valence-corrected chi connectivity index (χ1v) is 7.79. The molecule has 0 aromatic carbocycles. The Kier molecular flexibility index (Phi) is 4.10. The van der Waals surface area contributed by atoms with Gasteiger partial charge in [-0.3, -0.25) is 9.25 Å². The van der Waals surface area contributed by atoms with Crippen LogP contribution in [0.15, 0.2) is 24.8 Å². The SMILES string of the molecule is CCNc1ncc(-c2nccn2-c2c(C)nn(CC)c2C)cn1. The lowest BCUT2D eigenvalue weighted by Gasteiger charge is -2.09. The van der Waals surface area contributed by atoms with Gasteiger partial charge in [-0.25, -0.2) is 15.0 Å². The molecule has 120 valence electrons. The number of rotatable bonds is 5. The van der Waals surface area contributed by atoms with Crippen molar-refractivity contribution in [1.82, 2.24) is 29.3 Å². The molecule has 0 spiro atoms. The molecule has 0 unspecified atom stereocenters. The fourth-order valence-corrected chi connectivity index (χ4v) is 2.73. The van der Waals surface area contributed by atoms with E-state index in [0.29, 0.717) is 5.95 Å². The summed E-state index contributed by atoms with van der Waals surface area (Å²) in [7, 11) is 0. The topological polar surface area (TPSA) is 73.5 Å². The van der Waals surface area contributed by atoms with Crippen LogP contribution in [0.5, 0.6) is 0 Å². The lowest BCUT2D eigenvalue weighted by Crippen LogP contribution is -2.04. The minimum Gasteiger partial charge on any atom is -0.355 e. The summed E-state index contributed by atoms with van der Waals surface area (Å²) in [5.74, 6) is 1.44.